The molecule has 3 amide bonds. The molecule has 0 aromatic rings. The van der Waals surface area contributed by atoms with Crippen LogP contribution in [0.5, 0.6) is 0 Å². The molecule has 2 aliphatic rings. The van der Waals surface area contributed by atoms with Gasteiger partial charge in [0.2, 0.25) is 17.7 Å². The van der Waals surface area contributed by atoms with Crippen molar-refractivity contribution < 1.29 is 27.6 Å². The highest BCUT2D eigenvalue weighted by molar-refractivity contribution is 5.92. The number of rotatable bonds is 4. The molecule has 0 N–H and O–H groups in total. The van der Waals surface area contributed by atoms with Gasteiger partial charge in [-0.15, -0.1) is 0 Å². The van der Waals surface area contributed by atoms with Crippen LogP contribution in [0.15, 0.2) is 0 Å². The molecule has 6 nitrogen and oxygen atoms in total. The molecule has 0 aliphatic carbocycles. The van der Waals surface area contributed by atoms with Gasteiger partial charge in [-0.2, -0.15) is 13.2 Å². The fourth-order valence-corrected chi connectivity index (χ4v) is 2.84. The van der Waals surface area contributed by atoms with Crippen LogP contribution in [0.25, 0.3) is 0 Å². The van der Waals surface area contributed by atoms with E-state index in [1.165, 1.54) is 4.90 Å². The average Bonchev–Trinajstić information content (AvgIpc) is 2.97. The van der Waals surface area contributed by atoms with E-state index >= 15 is 0 Å². The van der Waals surface area contributed by atoms with E-state index in [9.17, 15) is 27.6 Å². The highest BCUT2D eigenvalue weighted by Crippen LogP contribution is 2.22. The summed E-state index contributed by atoms with van der Waals surface area (Å²) in [6, 6.07) is -0.700. The van der Waals surface area contributed by atoms with Crippen LogP contribution >= 0.6 is 0 Å². The maximum absolute atomic E-state index is 12.4. The second-order valence-electron chi connectivity index (χ2n) is 5.50. The first kappa shape index (κ1) is 16.6. The Labute approximate surface area is 125 Å². The van der Waals surface area contributed by atoms with Crippen LogP contribution in [0.4, 0.5) is 13.2 Å². The van der Waals surface area contributed by atoms with Gasteiger partial charge in [-0.25, -0.2) is 0 Å². The highest BCUT2D eigenvalue weighted by Gasteiger charge is 2.41. The first-order chi connectivity index (χ1) is 10.2. The van der Waals surface area contributed by atoms with Crippen LogP contribution in [0.2, 0.25) is 0 Å². The third kappa shape index (κ3) is 3.50. The quantitative estimate of drug-likeness (QED) is 0.761. The maximum Gasteiger partial charge on any atom is 0.406 e. The standard InChI is InChI=1S/C13H18F3N3O3/c1-2-9(19-5-3-4-10(19)20)12(22)17-6-11(21)18(8-17)7-13(14,15)16/h9H,2-8H2,1H3. The molecule has 2 saturated heterocycles. The molecule has 1 atom stereocenters. The Hall–Kier alpha value is -1.80. The summed E-state index contributed by atoms with van der Waals surface area (Å²) in [5, 5.41) is 0. The van der Waals surface area contributed by atoms with E-state index in [1.54, 1.807) is 6.92 Å². The second-order valence-corrected chi connectivity index (χ2v) is 5.50. The molecule has 1 unspecified atom stereocenters. The summed E-state index contributed by atoms with van der Waals surface area (Å²) in [6.45, 7) is 0.0921. The first-order valence-corrected chi connectivity index (χ1v) is 7.15. The normalized spacial score (nSPS) is 21.0. The molecule has 0 spiro atoms. The molecule has 9 heteroatoms. The molecule has 0 radical (unpaired) electrons. The number of carbonyl (C=O) groups is 3. The number of likely N-dealkylation sites (tertiary alicyclic amines) is 1. The molecule has 0 bridgehead atoms. The second kappa shape index (κ2) is 6.13. The van der Waals surface area contributed by atoms with E-state index in [-0.39, 0.29) is 19.1 Å². The number of hydrogen-bond acceptors (Lipinski definition) is 3. The summed E-state index contributed by atoms with van der Waals surface area (Å²) < 4.78 is 37.1. The van der Waals surface area contributed by atoms with Crippen molar-refractivity contribution in [1.29, 1.82) is 0 Å². The number of nitrogens with zero attached hydrogens (tertiary/aromatic N) is 3. The van der Waals surface area contributed by atoms with Gasteiger partial charge >= 0.3 is 6.18 Å². The monoisotopic (exact) mass is 321 g/mol. The minimum absolute atomic E-state index is 0.127. The van der Waals surface area contributed by atoms with Crippen molar-refractivity contribution in [1.82, 2.24) is 14.7 Å². The molecule has 124 valence electrons. The smallest absolute Gasteiger partial charge is 0.331 e. The van der Waals surface area contributed by atoms with Crippen molar-refractivity contribution in [3.8, 4) is 0 Å². The maximum atomic E-state index is 12.4. The van der Waals surface area contributed by atoms with E-state index in [1.807, 2.05) is 0 Å². The van der Waals surface area contributed by atoms with Crippen molar-refractivity contribution in [2.24, 2.45) is 0 Å². The summed E-state index contributed by atoms with van der Waals surface area (Å²) in [5.41, 5.74) is 0. The van der Waals surface area contributed by atoms with Crippen LogP contribution in [-0.2, 0) is 14.4 Å². The highest BCUT2D eigenvalue weighted by atomic mass is 19.4. The lowest BCUT2D eigenvalue weighted by atomic mass is 10.1. The van der Waals surface area contributed by atoms with Gasteiger partial charge in [0.25, 0.3) is 0 Å². The minimum Gasteiger partial charge on any atom is -0.331 e. The van der Waals surface area contributed by atoms with Gasteiger partial charge in [0.1, 0.15) is 19.1 Å². The van der Waals surface area contributed by atoms with Gasteiger partial charge in [0, 0.05) is 13.0 Å². The molecule has 2 aliphatic heterocycles. The lowest BCUT2D eigenvalue weighted by molar-refractivity contribution is -0.158. The Morgan fingerprint density at radius 1 is 1.27 bits per heavy atom. The van der Waals surface area contributed by atoms with E-state index in [0.717, 1.165) is 4.90 Å². The molecule has 2 heterocycles. The molecule has 0 saturated carbocycles. The summed E-state index contributed by atoms with van der Waals surface area (Å²) in [4.78, 5) is 38.9. The van der Waals surface area contributed by atoms with E-state index in [0.29, 0.717) is 30.7 Å². The Morgan fingerprint density at radius 2 is 1.95 bits per heavy atom. The Bertz CT molecular complexity index is 481. The fourth-order valence-electron chi connectivity index (χ4n) is 2.84. The number of alkyl halides is 3. The van der Waals surface area contributed by atoms with Gasteiger partial charge in [0.15, 0.2) is 0 Å². The summed E-state index contributed by atoms with van der Waals surface area (Å²) >= 11 is 0. The lowest BCUT2D eigenvalue weighted by Gasteiger charge is -2.29. The van der Waals surface area contributed by atoms with Crippen LogP contribution in [0.3, 0.4) is 0 Å². The summed E-state index contributed by atoms with van der Waals surface area (Å²) in [6.07, 6.45) is -3.08. The van der Waals surface area contributed by atoms with E-state index < -0.39 is 30.6 Å². The van der Waals surface area contributed by atoms with Crippen molar-refractivity contribution in [2.75, 3.05) is 26.3 Å². The zero-order chi connectivity index (χ0) is 16.5. The first-order valence-electron chi connectivity index (χ1n) is 7.15. The third-order valence-electron chi connectivity index (χ3n) is 3.86. The minimum atomic E-state index is -4.50. The lowest BCUT2D eigenvalue weighted by Crippen LogP contribution is -2.48. The molecule has 0 aromatic carbocycles. The third-order valence-corrected chi connectivity index (χ3v) is 3.86. The van der Waals surface area contributed by atoms with Gasteiger partial charge in [0.05, 0.1) is 6.67 Å². The van der Waals surface area contributed by atoms with Gasteiger partial charge in [-0.3, -0.25) is 14.4 Å². The zero-order valence-electron chi connectivity index (χ0n) is 12.2. The van der Waals surface area contributed by atoms with E-state index in [2.05, 4.69) is 0 Å². The van der Waals surface area contributed by atoms with Crippen LogP contribution < -0.4 is 0 Å². The predicted octanol–water partition coefficient (Wildman–Crippen LogP) is 0.578. The van der Waals surface area contributed by atoms with Gasteiger partial charge in [-0.05, 0) is 12.8 Å². The number of carbonyl (C=O) groups excluding carboxylic acids is 3. The Balaban J connectivity index is 2.03. The molecule has 22 heavy (non-hydrogen) atoms. The molecule has 2 rings (SSSR count). The van der Waals surface area contributed by atoms with Crippen molar-refractivity contribution in [2.45, 2.75) is 38.4 Å². The number of halogens is 3. The average molecular weight is 321 g/mol. The Morgan fingerprint density at radius 3 is 2.45 bits per heavy atom. The summed E-state index contributed by atoms with van der Waals surface area (Å²) in [5.74, 6) is -1.32. The van der Waals surface area contributed by atoms with Crippen LogP contribution in [-0.4, -0.2) is 70.9 Å². The molecule has 0 aromatic heterocycles. The van der Waals surface area contributed by atoms with Crippen molar-refractivity contribution in [3.63, 3.8) is 0 Å². The van der Waals surface area contributed by atoms with Gasteiger partial charge < -0.3 is 14.7 Å². The fraction of sp³-hybridized carbons (Fsp3) is 0.769. The van der Waals surface area contributed by atoms with Gasteiger partial charge in [-0.1, -0.05) is 6.92 Å². The largest absolute Gasteiger partial charge is 0.406 e. The topological polar surface area (TPSA) is 60.9 Å². The summed E-state index contributed by atoms with van der Waals surface area (Å²) in [7, 11) is 0. The van der Waals surface area contributed by atoms with Crippen LogP contribution in [0.1, 0.15) is 26.2 Å². The van der Waals surface area contributed by atoms with Crippen LogP contribution in [0, 0.1) is 0 Å². The van der Waals surface area contributed by atoms with Crippen molar-refractivity contribution in [3.05, 3.63) is 0 Å². The molecular formula is C13H18F3N3O3. The van der Waals surface area contributed by atoms with E-state index in [4.69, 9.17) is 0 Å². The predicted molar refractivity (Wildman–Crippen MR) is 69.4 cm³/mol. The number of amides is 3. The zero-order valence-corrected chi connectivity index (χ0v) is 12.2. The Kier molecular flexibility index (Phi) is 4.62. The SMILES string of the molecule is CCC(C(=O)N1CC(=O)N(CC(F)(F)F)C1)N1CCCC1=O. The molecule has 2 fully saturated rings. The number of hydrogen-bond donors (Lipinski definition) is 0. The molecular weight excluding hydrogens is 303 g/mol. The van der Waals surface area contributed by atoms with Crippen molar-refractivity contribution >= 4 is 17.7 Å².